The van der Waals surface area contributed by atoms with Crippen LogP contribution in [0.4, 0.5) is 13.2 Å². The largest absolute Gasteiger partial charge is 0.454 e. The van der Waals surface area contributed by atoms with E-state index in [1.54, 1.807) is 19.1 Å². The van der Waals surface area contributed by atoms with Gasteiger partial charge in [-0.25, -0.2) is 13.1 Å². The first-order chi connectivity index (χ1) is 15.4. The summed E-state index contributed by atoms with van der Waals surface area (Å²) in [6, 6.07) is 10.4. The van der Waals surface area contributed by atoms with Crippen molar-refractivity contribution < 1.29 is 35.9 Å². The zero-order chi connectivity index (χ0) is 24.4. The predicted octanol–water partition coefficient (Wildman–Crippen LogP) is 3.98. The van der Waals surface area contributed by atoms with E-state index in [1.165, 1.54) is 6.92 Å². The molecule has 3 aromatic rings. The molecule has 11 heteroatoms. The number of para-hydroxylation sites is 1. The Morgan fingerprint density at radius 2 is 1.82 bits per heavy atom. The van der Waals surface area contributed by atoms with E-state index in [2.05, 4.69) is 9.71 Å². The number of Topliss-reactive ketones (excluding diaryl/α,β-unsaturated/α-hetero) is 1. The van der Waals surface area contributed by atoms with E-state index in [-0.39, 0.29) is 0 Å². The molecule has 0 fully saturated rings. The molecule has 33 heavy (non-hydrogen) atoms. The van der Waals surface area contributed by atoms with Crippen LogP contribution >= 0.6 is 0 Å². The molecule has 0 aliphatic carbocycles. The fourth-order valence-electron chi connectivity index (χ4n) is 3.32. The van der Waals surface area contributed by atoms with Gasteiger partial charge < -0.3 is 9.72 Å². The molecule has 2 N–H and O–H groups in total. The van der Waals surface area contributed by atoms with Gasteiger partial charge in [-0.3, -0.25) is 9.59 Å². The van der Waals surface area contributed by atoms with E-state index < -0.39 is 57.5 Å². The average molecular weight is 482 g/mol. The average Bonchev–Trinajstić information content (AvgIpc) is 3.08. The van der Waals surface area contributed by atoms with Crippen LogP contribution in [0.25, 0.3) is 10.9 Å². The number of rotatable bonds is 8. The number of hydrogen-bond acceptors (Lipinski definition) is 5. The zero-order valence-electron chi connectivity index (χ0n) is 17.7. The van der Waals surface area contributed by atoms with E-state index in [4.69, 9.17) is 4.74 Å². The number of fused-ring (bicyclic) bond motifs is 1. The Hall–Kier alpha value is -3.18. The molecule has 0 aliphatic rings. The Bertz CT molecular complexity index is 1300. The molecule has 176 valence electrons. The van der Waals surface area contributed by atoms with E-state index in [9.17, 15) is 31.2 Å². The lowest BCUT2D eigenvalue weighted by Crippen LogP contribution is -2.29. The number of esters is 1. The Kier molecular flexibility index (Phi) is 6.94. The van der Waals surface area contributed by atoms with Gasteiger partial charge in [-0.05, 0) is 38.1 Å². The van der Waals surface area contributed by atoms with Crippen molar-refractivity contribution in [1.29, 1.82) is 0 Å². The molecule has 0 spiro atoms. The molecule has 1 atom stereocenters. The number of H-pyrrole nitrogens is 1. The number of aromatic nitrogens is 1. The topological polar surface area (TPSA) is 105 Å². The fraction of sp³-hybridized carbons (Fsp3) is 0.273. The van der Waals surface area contributed by atoms with E-state index >= 15 is 0 Å². The summed E-state index contributed by atoms with van der Waals surface area (Å²) in [5.41, 5.74) is 0.680. The first-order valence-electron chi connectivity index (χ1n) is 9.88. The molecule has 3 rings (SSSR count). The van der Waals surface area contributed by atoms with Crippen molar-refractivity contribution in [2.75, 3.05) is 6.54 Å². The van der Waals surface area contributed by atoms with Crippen LogP contribution in [0.5, 0.6) is 0 Å². The van der Waals surface area contributed by atoms with Crippen LogP contribution in [0.15, 0.2) is 53.4 Å². The normalized spacial score (nSPS) is 13.1. The van der Waals surface area contributed by atoms with Crippen molar-refractivity contribution in [1.82, 2.24) is 9.71 Å². The Labute approximate surface area is 188 Å². The standard InChI is InChI=1S/C22H21F3N2O5S/c1-13-20(17-8-3-4-9-18(17)27-13)21(29)14(2)32-19(28)10-11-26-33(30,31)16-7-5-6-15(12-16)22(23,24)25/h3-9,12,14,26-27H,10-11H2,1-2H3. The zero-order valence-corrected chi connectivity index (χ0v) is 18.5. The SMILES string of the molecule is Cc1[nH]c2ccccc2c1C(=O)C(C)OC(=O)CCNS(=O)(=O)c1cccc(C(F)(F)F)c1. The highest BCUT2D eigenvalue weighted by atomic mass is 32.2. The van der Waals surface area contributed by atoms with Gasteiger partial charge in [0.1, 0.15) is 0 Å². The van der Waals surface area contributed by atoms with E-state index in [0.29, 0.717) is 22.7 Å². The molecule has 0 bridgehead atoms. The summed E-state index contributed by atoms with van der Waals surface area (Å²) >= 11 is 0. The Morgan fingerprint density at radius 3 is 2.52 bits per heavy atom. The van der Waals surface area contributed by atoms with Crippen LogP contribution < -0.4 is 4.72 Å². The number of carbonyl (C=O) groups excluding carboxylic acids is 2. The molecule has 2 aromatic carbocycles. The maximum Gasteiger partial charge on any atom is 0.416 e. The minimum absolute atomic E-state index is 0.399. The van der Waals surface area contributed by atoms with Crippen LogP contribution in [0.3, 0.4) is 0 Å². The summed E-state index contributed by atoms with van der Waals surface area (Å²) in [6.45, 7) is 2.73. The van der Waals surface area contributed by atoms with E-state index in [0.717, 1.165) is 23.7 Å². The third-order valence-corrected chi connectivity index (χ3v) is 6.37. The number of ketones is 1. The number of alkyl halides is 3. The molecule has 1 unspecified atom stereocenters. The van der Waals surface area contributed by atoms with Crippen LogP contribution in [0.1, 0.15) is 35.0 Å². The number of benzene rings is 2. The van der Waals surface area contributed by atoms with Crippen LogP contribution in [-0.4, -0.2) is 37.8 Å². The number of carbonyl (C=O) groups is 2. The monoisotopic (exact) mass is 482 g/mol. The van der Waals surface area contributed by atoms with E-state index in [1.807, 2.05) is 12.1 Å². The molecule has 0 aliphatic heterocycles. The minimum Gasteiger partial charge on any atom is -0.454 e. The van der Waals surface area contributed by atoms with Crippen molar-refractivity contribution in [3.63, 3.8) is 0 Å². The van der Waals surface area contributed by atoms with Gasteiger partial charge in [0.2, 0.25) is 15.8 Å². The second-order valence-corrected chi connectivity index (χ2v) is 9.11. The molecule has 7 nitrogen and oxygen atoms in total. The van der Waals surface area contributed by atoms with Crippen LogP contribution in [-0.2, 0) is 25.7 Å². The molecular formula is C22H21F3N2O5S. The van der Waals surface area contributed by atoms with Gasteiger partial charge in [-0.1, -0.05) is 24.3 Å². The third kappa shape index (κ3) is 5.60. The lowest BCUT2D eigenvalue weighted by atomic mass is 10.0. The van der Waals surface area contributed by atoms with Gasteiger partial charge in [0.15, 0.2) is 6.10 Å². The van der Waals surface area contributed by atoms with Crippen molar-refractivity contribution in [3.8, 4) is 0 Å². The highest BCUT2D eigenvalue weighted by Gasteiger charge is 2.31. The Balaban J connectivity index is 1.59. The van der Waals surface area contributed by atoms with Crippen molar-refractivity contribution >= 4 is 32.7 Å². The molecule has 0 radical (unpaired) electrons. The van der Waals surface area contributed by atoms with Gasteiger partial charge >= 0.3 is 12.1 Å². The van der Waals surface area contributed by atoms with Gasteiger partial charge in [-0.15, -0.1) is 0 Å². The lowest BCUT2D eigenvalue weighted by molar-refractivity contribution is -0.146. The summed E-state index contributed by atoms with van der Waals surface area (Å²) in [7, 11) is -4.28. The Morgan fingerprint density at radius 1 is 1.12 bits per heavy atom. The quantitative estimate of drug-likeness (QED) is 0.373. The second kappa shape index (κ2) is 9.36. The predicted molar refractivity (Wildman–Crippen MR) is 114 cm³/mol. The number of ether oxygens (including phenoxy) is 1. The highest BCUT2D eigenvalue weighted by Crippen LogP contribution is 2.30. The van der Waals surface area contributed by atoms with Crippen LogP contribution in [0.2, 0.25) is 0 Å². The van der Waals surface area contributed by atoms with Gasteiger partial charge in [0, 0.05) is 28.7 Å². The maximum absolute atomic E-state index is 12.8. The highest BCUT2D eigenvalue weighted by molar-refractivity contribution is 7.89. The third-order valence-electron chi connectivity index (χ3n) is 4.91. The summed E-state index contributed by atoms with van der Waals surface area (Å²) in [6.07, 6.45) is -6.22. The number of aromatic amines is 1. The first-order valence-corrected chi connectivity index (χ1v) is 11.4. The minimum atomic E-state index is -4.69. The van der Waals surface area contributed by atoms with Gasteiger partial charge in [0.05, 0.1) is 16.9 Å². The van der Waals surface area contributed by atoms with Crippen molar-refractivity contribution in [3.05, 3.63) is 65.4 Å². The molecule has 0 saturated carbocycles. The molecular weight excluding hydrogens is 461 g/mol. The van der Waals surface area contributed by atoms with Gasteiger partial charge in [0.25, 0.3) is 0 Å². The summed E-state index contributed by atoms with van der Waals surface area (Å²) in [5.74, 6) is -1.25. The number of nitrogens with one attached hydrogen (secondary N) is 2. The number of hydrogen-bond donors (Lipinski definition) is 2. The summed E-state index contributed by atoms with van der Waals surface area (Å²) in [4.78, 5) is 27.4. The van der Waals surface area contributed by atoms with Crippen molar-refractivity contribution in [2.24, 2.45) is 0 Å². The molecule has 0 amide bonds. The second-order valence-electron chi connectivity index (χ2n) is 7.34. The van der Waals surface area contributed by atoms with Crippen LogP contribution in [0, 0.1) is 6.92 Å². The van der Waals surface area contributed by atoms with Gasteiger partial charge in [-0.2, -0.15) is 13.2 Å². The maximum atomic E-state index is 12.8. The number of sulfonamides is 1. The number of aryl methyl sites for hydroxylation is 1. The fourth-order valence-corrected chi connectivity index (χ4v) is 4.39. The number of halogens is 3. The molecule has 1 heterocycles. The lowest BCUT2D eigenvalue weighted by Gasteiger charge is -2.13. The van der Waals surface area contributed by atoms with Crippen molar-refractivity contribution in [2.45, 2.75) is 37.4 Å². The molecule has 0 saturated heterocycles. The first kappa shape index (κ1) is 24.5. The summed E-state index contributed by atoms with van der Waals surface area (Å²) in [5, 5.41) is 0.691. The molecule has 1 aromatic heterocycles. The smallest absolute Gasteiger partial charge is 0.416 e. The summed E-state index contributed by atoms with van der Waals surface area (Å²) < 4.78 is 70.1.